The Morgan fingerprint density at radius 2 is 1.64 bits per heavy atom. The Labute approximate surface area is 138 Å². The van der Waals surface area contributed by atoms with Crippen LogP contribution < -0.4 is 11.1 Å². The van der Waals surface area contributed by atoms with E-state index in [4.69, 9.17) is 5.73 Å². The van der Waals surface area contributed by atoms with Gasteiger partial charge in [-0.1, -0.05) is 6.92 Å². The Balaban J connectivity index is 0.00000441. The molecule has 0 radical (unpaired) electrons. The molecule has 2 unspecified atom stereocenters. The van der Waals surface area contributed by atoms with Gasteiger partial charge in [0.2, 0.25) is 5.91 Å². The van der Waals surface area contributed by atoms with E-state index in [0.29, 0.717) is 24.3 Å². The van der Waals surface area contributed by atoms with Crippen LogP contribution in [0.2, 0.25) is 0 Å². The van der Waals surface area contributed by atoms with Gasteiger partial charge in [-0.15, -0.1) is 12.4 Å². The number of anilines is 1. The topological polar surface area (TPSA) is 75.4 Å². The van der Waals surface area contributed by atoms with Crippen LogP contribution in [0.5, 0.6) is 0 Å². The SMILES string of the molecule is CCN(CC)C(=O)c1ccc(NC(=O)C(C)C(C)N)cc1.Cl. The predicted octanol–water partition coefficient (Wildman–Crippen LogP) is 2.51. The van der Waals surface area contributed by atoms with Gasteiger partial charge < -0.3 is 16.0 Å². The van der Waals surface area contributed by atoms with E-state index in [1.165, 1.54) is 0 Å². The Morgan fingerprint density at radius 3 is 2.05 bits per heavy atom. The van der Waals surface area contributed by atoms with Crippen molar-refractivity contribution in [2.24, 2.45) is 11.7 Å². The molecular formula is C16H26ClN3O2. The molecule has 0 saturated heterocycles. The van der Waals surface area contributed by atoms with Crippen molar-refractivity contribution in [3.8, 4) is 0 Å². The molecule has 1 aromatic rings. The molecular weight excluding hydrogens is 302 g/mol. The number of halogens is 1. The maximum atomic E-state index is 12.2. The summed E-state index contributed by atoms with van der Waals surface area (Å²) < 4.78 is 0. The minimum atomic E-state index is -0.262. The molecule has 2 atom stereocenters. The number of amides is 2. The number of nitrogens with two attached hydrogens (primary N) is 1. The second-order valence-corrected chi connectivity index (χ2v) is 5.19. The summed E-state index contributed by atoms with van der Waals surface area (Å²) in [6.45, 7) is 8.85. The largest absolute Gasteiger partial charge is 0.339 e. The van der Waals surface area contributed by atoms with Gasteiger partial charge in [-0.2, -0.15) is 0 Å². The minimum absolute atomic E-state index is 0. The van der Waals surface area contributed by atoms with Crippen LogP contribution in [0.1, 0.15) is 38.1 Å². The molecule has 1 aromatic carbocycles. The third-order valence-electron chi connectivity index (χ3n) is 3.65. The smallest absolute Gasteiger partial charge is 0.253 e. The fourth-order valence-electron chi connectivity index (χ4n) is 1.88. The number of hydrogen-bond acceptors (Lipinski definition) is 3. The van der Waals surface area contributed by atoms with Crippen molar-refractivity contribution in [2.45, 2.75) is 33.7 Å². The van der Waals surface area contributed by atoms with Crippen LogP contribution >= 0.6 is 12.4 Å². The van der Waals surface area contributed by atoms with Gasteiger partial charge in [0.05, 0.1) is 5.92 Å². The highest BCUT2D eigenvalue weighted by molar-refractivity contribution is 5.96. The van der Waals surface area contributed by atoms with Crippen LogP contribution in [-0.4, -0.2) is 35.8 Å². The first-order chi connectivity index (χ1) is 9.90. The summed E-state index contributed by atoms with van der Waals surface area (Å²) in [5, 5.41) is 2.80. The molecule has 22 heavy (non-hydrogen) atoms. The third kappa shape index (κ3) is 5.31. The summed E-state index contributed by atoms with van der Waals surface area (Å²) in [6, 6.07) is 6.73. The monoisotopic (exact) mass is 327 g/mol. The molecule has 0 spiro atoms. The summed E-state index contributed by atoms with van der Waals surface area (Å²) in [5.41, 5.74) is 7.00. The van der Waals surface area contributed by atoms with Gasteiger partial charge in [0.15, 0.2) is 0 Å². The van der Waals surface area contributed by atoms with E-state index < -0.39 is 0 Å². The van der Waals surface area contributed by atoms with Crippen molar-refractivity contribution in [1.82, 2.24) is 4.90 Å². The number of carbonyl (C=O) groups excluding carboxylic acids is 2. The molecule has 5 nitrogen and oxygen atoms in total. The molecule has 0 fully saturated rings. The van der Waals surface area contributed by atoms with Crippen molar-refractivity contribution in [3.63, 3.8) is 0 Å². The molecule has 3 N–H and O–H groups in total. The maximum absolute atomic E-state index is 12.2. The van der Waals surface area contributed by atoms with E-state index in [1.807, 2.05) is 13.8 Å². The summed E-state index contributed by atoms with van der Waals surface area (Å²) in [6.07, 6.45) is 0. The van der Waals surface area contributed by atoms with E-state index in [2.05, 4.69) is 5.32 Å². The lowest BCUT2D eigenvalue weighted by Gasteiger charge is -2.19. The zero-order chi connectivity index (χ0) is 16.0. The maximum Gasteiger partial charge on any atom is 0.253 e. The van der Waals surface area contributed by atoms with Crippen LogP contribution in [0, 0.1) is 5.92 Å². The molecule has 6 heteroatoms. The number of nitrogens with one attached hydrogen (secondary N) is 1. The highest BCUT2D eigenvalue weighted by Gasteiger charge is 2.17. The van der Waals surface area contributed by atoms with Crippen LogP contribution in [0.3, 0.4) is 0 Å². The average Bonchev–Trinajstić information content (AvgIpc) is 2.48. The van der Waals surface area contributed by atoms with Crippen molar-refractivity contribution in [3.05, 3.63) is 29.8 Å². The molecule has 0 saturated carbocycles. The lowest BCUT2D eigenvalue weighted by atomic mass is 10.0. The molecule has 0 heterocycles. The Hall–Kier alpha value is -1.59. The Bertz CT molecular complexity index is 485. The number of carbonyl (C=O) groups is 2. The van der Waals surface area contributed by atoms with E-state index in [1.54, 1.807) is 43.0 Å². The Kier molecular flexibility index (Phi) is 8.75. The number of hydrogen-bond donors (Lipinski definition) is 2. The molecule has 1 rings (SSSR count). The second-order valence-electron chi connectivity index (χ2n) is 5.19. The zero-order valence-electron chi connectivity index (χ0n) is 13.6. The van der Waals surface area contributed by atoms with Gasteiger partial charge >= 0.3 is 0 Å². The van der Waals surface area contributed by atoms with Gasteiger partial charge in [-0.3, -0.25) is 9.59 Å². The number of nitrogens with zero attached hydrogens (tertiary/aromatic N) is 1. The number of benzene rings is 1. The van der Waals surface area contributed by atoms with Gasteiger partial charge in [0, 0.05) is 30.4 Å². The van der Waals surface area contributed by atoms with E-state index in [9.17, 15) is 9.59 Å². The highest BCUT2D eigenvalue weighted by Crippen LogP contribution is 2.13. The standard InChI is InChI=1S/C16H25N3O2.ClH/c1-5-19(6-2)16(21)13-7-9-14(10-8-13)18-15(20)11(3)12(4)17;/h7-12H,5-6,17H2,1-4H3,(H,18,20);1H. The van der Waals surface area contributed by atoms with Crippen LogP contribution in [0.15, 0.2) is 24.3 Å². The summed E-state index contributed by atoms with van der Waals surface area (Å²) in [4.78, 5) is 25.8. The summed E-state index contributed by atoms with van der Waals surface area (Å²) in [5.74, 6) is -0.378. The first-order valence-electron chi connectivity index (χ1n) is 7.36. The van der Waals surface area contributed by atoms with Gasteiger partial charge in [-0.25, -0.2) is 0 Å². The molecule has 0 bridgehead atoms. The molecule has 0 aliphatic heterocycles. The molecule has 124 valence electrons. The van der Waals surface area contributed by atoms with Gasteiger partial charge in [-0.05, 0) is 45.0 Å². The summed E-state index contributed by atoms with van der Waals surface area (Å²) in [7, 11) is 0. The third-order valence-corrected chi connectivity index (χ3v) is 3.65. The fraction of sp³-hybridized carbons (Fsp3) is 0.500. The normalized spacial score (nSPS) is 12.8. The molecule has 0 aliphatic rings. The quantitative estimate of drug-likeness (QED) is 0.843. The first kappa shape index (κ1) is 20.4. The lowest BCUT2D eigenvalue weighted by molar-refractivity contribution is -0.119. The van der Waals surface area contributed by atoms with Crippen LogP contribution in [0.4, 0.5) is 5.69 Å². The van der Waals surface area contributed by atoms with Gasteiger partial charge in [0.25, 0.3) is 5.91 Å². The predicted molar refractivity (Wildman–Crippen MR) is 92.4 cm³/mol. The van der Waals surface area contributed by atoms with Crippen LogP contribution in [0.25, 0.3) is 0 Å². The molecule has 2 amide bonds. The van der Waals surface area contributed by atoms with Crippen molar-refractivity contribution in [1.29, 1.82) is 0 Å². The zero-order valence-corrected chi connectivity index (χ0v) is 14.4. The minimum Gasteiger partial charge on any atom is -0.339 e. The van der Waals surface area contributed by atoms with Crippen molar-refractivity contribution >= 4 is 29.9 Å². The highest BCUT2D eigenvalue weighted by atomic mass is 35.5. The van der Waals surface area contributed by atoms with Crippen molar-refractivity contribution < 1.29 is 9.59 Å². The number of rotatable bonds is 6. The molecule has 0 aliphatic carbocycles. The van der Waals surface area contributed by atoms with E-state index in [-0.39, 0.29) is 36.2 Å². The van der Waals surface area contributed by atoms with Crippen molar-refractivity contribution in [2.75, 3.05) is 18.4 Å². The fourth-order valence-corrected chi connectivity index (χ4v) is 1.88. The average molecular weight is 328 g/mol. The molecule has 0 aromatic heterocycles. The Morgan fingerprint density at radius 1 is 1.14 bits per heavy atom. The van der Waals surface area contributed by atoms with Gasteiger partial charge in [0.1, 0.15) is 0 Å². The first-order valence-corrected chi connectivity index (χ1v) is 7.36. The van der Waals surface area contributed by atoms with E-state index in [0.717, 1.165) is 0 Å². The lowest BCUT2D eigenvalue weighted by Crippen LogP contribution is -2.34. The van der Waals surface area contributed by atoms with E-state index >= 15 is 0 Å². The van der Waals surface area contributed by atoms with Crippen LogP contribution in [-0.2, 0) is 4.79 Å². The summed E-state index contributed by atoms with van der Waals surface area (Å²) >= 11 is 0. The second kappa shape index (κ2) is 9.43.